The first-order valence-electron chi connectivity index (χ1n) is 5.85. The third-order valence-corrected chi connectivity index (χ3v) is 3.72. The molecule has 1 aromatic rings. The van der Waals surface area contributed by atoms with Gasteiger partial charge in [-0.3, -0.25) is 10.1 Å². The van der Waals surface area contributed by atoms with Crippen molar-refractivity contribution in [3.8, 4) is 6.07 Å². The molecule has 0 radical (unpaired) electrons. The maximum absolute atomic E-state index is 11.0. The Morgan fingerprint density at radius 2 is 2.37 bits per heavy atom. The van der Waals surface area contributed by atoms with Crippen LogP contribution in [0.25, 0.3) is 0 Å². The van der Waals surface area contributed by atoms with Crippen LogP contribution in [-0.4, -0.2) is 27.2 Å². The van der Waals surface area contributed by atoms with Gasteiger partial charge >= 0.3 is 5.69 Å². The predicted molar refractivity (Wildman–Crippen MR) is 67.4 cm³/mol. The zero-order valence-corrected chi connectivity index (χ0v) is 10.6. The van der Waals surface area contributed by atoms with Gasteiger partial charge in [0, 0.05) is 23.7 Å². The Bertz CT molecular complexity index is 565. The molecule has 1 aliphatic rings. The lowest BCUT2D eigenvalue weighted by Gasteiger charge is -2.49. The molecule has 0 spiro atoms. The minimum atomic E-state index is -0.571. The van der Waals surface area contributed by atoms with Crippen LogP contribution in [0.2, 0.25) is 0 Å². The lowest BCUT2D eigenvalue weighted by atomic mass is 9.64. The van der Waals surface area contributed by atoms with Gasteiger partial charge in [0.15, 0.2) is 0 Å². The second-order valence-corrected chi connectivity index (χ2v) is 5.23. The number of rotatable bonds is 3. The number of hydrogen-bond donors (Lipinski definition) is 2. The molecular formula is C12H14N4O3. The van der Waals surface area contributed by atoms with E-state index in [1.807, 2.05) is 19.9 Å². The number of nitro groups is 1. The van der Waals surface area contributed by atoms with Crippen LogP contribution in [0, 0.1) is 26.9 Å². The topological polar surface area (TPSA) is 112 Å². The van der Waals surface area contributed by atoms with Crippen molar-refractivity contribution in [1.82, 2.24) is 4.98 Å². The third kappa shape index (κ3) is 2.22. The van der Waals surface area contributed by atoms with E-state index in [0.29, 0.717) is 6.42 Å². The number of hydrogen-bond acceptors (Lipinski definition) is 6. The van der Waals surface area contributed by atoms with Gasteiger partial charge in [-0.2, -0.15) is 5.26 Å². The molecule has 2 atom stereocenters. The van der Waals surface area contributed by atoms with Crippen LogP contribution in [0.5, 0.6) is 0 Å². The molecule has 19 heavy (non-hydrogen) atoms. The highest BCUT2D eigenvalue weighted by atomic mass is 16.6. The van der Waals surface area contributed by atoms with Crippen LogP contribution in [0.3, 0.4) is 0 Å². The molecule has 2 rings (SSSR count). The molecule has 0 aromatic carbocycles. The number of aliphatic hydroxyl groups is 1. The Labute approximate surface area is 110 Å². The van der Waals surface area contributed by atoms with Crippen molar-refractivity contribution in [1.29, 1.82) is 5.26 Å². The molecule has 2 N–H and O–H groups in total. The summed E-state index contributed by atoms with van der Waals surface area (Å²) >= 11 is 0. The average molecular weight is 262 g/mol. The summed E-state index contributed by atoms with van der Waals surface area (Å²) in [6, 6.07) is 2.93. The number of pyridine rings is 1. The lowest BCUT2D eigenvalue weighted by Crippen LogP contribution is -2.57. The number of aliphatic hydroxyl groups excluding tert-OH is 1. The summed E-state index contributed by atoms with van der Waals surface area (Å²) in [6.07, 6.45) is 1.38. The summed E-state index contributed by atoms with van der Waals surface area (Å²) in [5.41, 5.74) is -0.440. The summed E-state index contributed by atoms with van der Waals surface area (Å²) in [6.45, 7) is 3.77. The molecule has 100 valence electrons. The molecule has 0 aliphatic heterocycles. The van der Waals surface area contributed by atoms with E-state index in [9.17, 15) is 15.2 Å². The van der Waals surface area contributed by atoms with Crippen molar-refractivity contribution in [3.63, 3.8) is 0 Å². The van der Waals surface area contributed by atoms with Crippen molar-refractivity contribution in [2.75, 3.05) is 5.32 Å². The van der Waals surface area contributed by atoms with E-state index >= 15 is 0 Å². The van der Waals surface area contributed by atoms with Crippen LogP contribution < -0.4 is 5.32 Å². The number of nitrogens with zero attached hydrogens (tertiary/aromatic N) is 3. The molecule has 1 heterocycles. The molecule has 1 fully saturated rings. The van der Waals surface area contributed by atoms with E-state index in [-0.39, 0.29) is 28.5 Å². The standard InChI is InChI=1S/C12H14N4O3/c1-12(2)9(4-10(12)17)15-11-8(16(18)19)3-7(5-13)6-14-11/h3,6,9-10,17H,4H2,1-2H3,(H,14,15). The van der Waals surface area contributed by atoms with Gasteiger partial charge in [0.1, 0.15) is 6.07 Å². The fraction of sp³-hybridized carbons (Fsp3) is 0.500. The Morgan fingerprint density at radius 1 is 1.68 bits per heavy atom. The third-order valence-electron chi connectivity index (χ3n) is 3.72. The van der Waals surface area contributed by atoms with Crippen molar-refractivity contribution in [3.05, 3.63) is 27.9 Å². The largest absolute Gasteiger partial charge is 0.392 e. The molecule has 1 aliphatic carbocycles. The number of nitriles is 1. The van der Waals surface area contributed by atoms with E-state index in [2.05, 4.69) is 10.3 Å². The van der Waals surface area contributed by atoms with E-state index in [4.69, 9.17) is 5.26 Å². The molecule has 7 nitrogen and oxygen atoms in total. The summed E-state index contributed by atoms with van der Waals surface area (Å²) in [5, 5.41) is 32.3. The summed E-state index contributed by atoms with van der Waals surface area (Å²) < 4.78 is 0. The van der Waals surface area contributed by atoms with Gasteiger partial charge in [0.2, 0.25) is 5.82 Å². The average Bonchev–Trinajstić information content (AvgIpc) is 2.38. The zero-order valence-electron chi connectivity index (χ0n) is 10.6. The normalized spacial score (nSPS) is 24.1. The van der Waals surface area contributed by atoms with Gasteiger partial charge in [-0.1, -0.05) is 13.8 Å². The zero-order chi connectivity index (χ0) is 14.2. The van der Waals surface area contributed by atoms with E-state index in [0.717, 1.165) is 0 Å². The van der Waals surface area contributed by atoms with Crippen molar-refractivity contribution in [2.24, 2.45) is 5.41 Å². The van der Waals surface area contributed by atoms with Crippen molar-refractivity contribution >= 4 is 11.5 Å². The van der Waals surface area contributed by atoms with Crippen molar-refractivity contribution in [2.45, 2.75) is 32.4 Å². The second-order valence-electron chi connectivity index (χ2n) is 5.23. The molecule has 1 saturated carbocycles. The van der Waals surface area contributed by atoms with Crippen LogP contribution in [-0.2, 0) is 0 Å². The first-order chi connectivity index (χ1) is 8.86. The fourth-order valence-electron chi connectivity index (χ4n) is 2.08. The first-order valence-corrected chi connectivity index (χ1v) is 5.85. The highest BCUT2D eigenvalue weighted by Gasteiger charge is 2.48. The highest BCUT2D eigenvalue weighted by molar-refractivity contribution is 5.59. The maximum atomic E-state index is 11.0. The molecule has 0 saturated heterocycles. The molecule has 2 unspecified atom stereocenters. The SMILES string of the molecule is CC1(C)C(O)CC1Nc1ncc(C#N)cc1[N+](=O)[O-]. The number of nitrogens with one attached hydrogen (secondary N) is 1. The Morgan fingerprint density at radius 3 is 2.84 bits per heavy atom. The van der Waals surface area contributed by atoms with Crippen LogP contribution in [0.15, 0.2) is 12.3 Å². The molecule has 0 bridgehead atoms. The van der Waals surface area contributed by atoms with E-state index in [1.165, 1.54) is 12.3 Å². The summed E-state index contributed by atoms with van der Waals surface area (Å²) in [7, 11) is 0. The predicted octanol–water partition coefficient (Wildman–Crippen LogP) is 1.43. The van der Waals surface area contributed by atoms with Gasteiger partial charge in [0.25, 0.3) is 0 Å². The second kappa shape index (κ2) is 4.48. The van der Waals surface area contributed by atoms with E-state index in [1.54, 1.807) is 0 Å². The van der Waals surface area contributed by atoms with Gasteiger partial charge in [-0.05, 0) is 6.42 Å². The van der Waals surface area contributed by atoms with Crippen LogP contribution in [0.1, 0.15) is 25.8 Å². The molecular weight excluding hydrogens is 248 g/mol. The lowest BCUT2D eigenvalue weighted by molar-refractivity contribution is -0.384. The monoisotopic (exact) mass is 262 g/mol. The minimum absolute atomic E-state index is 0.0818. The molecule has 1 aromatic heterocycles. The minimum Gasteiger partial charge on any atom is -0.392 e. The molecule has 7 heteroatoms. The number of aromatic nitrogens is 1. The van der Waals surface area contributed by atoms with E-state index < -0.39 is 11.0 Å². The Kier molecular flexibility index (Phi) is 3.12. The fourth-order valence-corrected chi connectivity index (χ4v) is 2.08. The highest BCUT2D eigenvalue weighted by Crippen LogP contribution is 2.42. The quantitative estimate of drug-likeness (QED) is 0.629. The van der Waals surface area contributed by atoms with Gasteiger partial charge in [-0.15, -0.1) is 0 Å². The Hall–Kier alpha value is -2.20. The van der Waals surface area contributed by atoms with Gasteiger partial charge < -0.3 is 10.4 Å². The Balaban J connectivity index is 2.27. The molecule has 0 amide bonds. The smallest absolute Gasteiger partial charge is 0.312 e. The van der Waals surface area contributed by atoms with Crippen molar-refractivity contribution < 1.29 is 10.0 Å². The summed E-state index contributed by atoms with van der Waals surface area (Å²) in [4.78, 5) is 14.3. The first kappa shape index (κ1) is 13.2. The van der Waals surface area contributed by atoms with Gasteiger partial charge in [-0.25, -0.2) is 4.98 Å². The van der Waals surface area contributed by atoms with Crippen LogP contribution >= 0.6 is 0 Å². The maximum Gasteiger partial charge on any atom is 0.312 e. The van der Waals surface area contributed by atoms with Crippen LogP contribution in [0.4, 0.5) is 11.5 Å². The number of anilines is 1. The van der Waals surface area contributed by atoms with Gasteiger partial charge in [0.05, 0.1) is 16.6 Å². The summed E-state index contributed by atoms with van der Waals surface area (Å²) in [5.74, 6) is 0.133.